The number of ketones is 1. The van der Waals surface area contributed by atoms with Gasteiger partial charge in [-0.1, -0.05) is 6.07 Å². The van der Waals surface area contributed by atoms with Gasteiger partial charge >= 0.3 is 5.97 Å². The first-order chi connectivity index (χ1) is 12.7. The molecule has 1 aliphatic carbocycles. The Balaban J connectivity index is 1.88. The van der Waals surface area contributed by atoms with E-state index < -0.39 is 16.0 Å². The molecule has 0 unspecified atom stereocenters. The van der Waals surface area contributed by atoms with Crippen molar-refractivity contribution in [3.63, 3.8) is 0 Å². The highest BCUT2D eigenvalue weighted by molar-refractivity contribution is 7.89. The molecule has 0 bridgehead atoms. The van der Waals surface area contributed by atoms with Gasteiger partial charge in [0.15, 0.2) is 5.78 Å². The smallest absolute Gasteiger partial charge is 0.343 e. The third-order valence-electron chi connectivity index (χ3n) is 4.69. The predicted molar refractivity (Wildman–Crippen MR) is 101 cm³/mol. The normalized spacial score (nSPS) is 14.1. The largest absolute Gasteiger partial charge is 0.422 e. The van der Waals surface area contributed by atoms with E-state index in [1.807, 2.05) is 13.0 Å². The summed E-state index contributed by atoms with van der Waals surface area (Å²) in [4.78, 5) is 24.9. The summed E-state index contributed by atoms with van der Waals surface area (Å²) in [5.41, 5.74) is 2.65. The third-order valence-corrected chi connectivity index (χ3v) is 6.52. The summed E-state index contributed by atoms with van der Waals surface area (Å²) in [5, 5.41) is 0. The van der Waals surface area contributed by atoms with Crippen molar-refractivity contribution in [2.75, 3.05) is 14.1 Å². The fraction of sp³-hybridized carbons (Fsp3) is 0.300. The highest BCUT2D eigenvalue weighted by atomic mass is 32.2. The van der Waals surface area contributed by atoms with Crippen molar-refractivity contribution in [2.45, 2.75) is 31.1 Å². The number of fused-ring (bicyclic) bond motifs is 1. The SMILES string of the molecule is Cc1ccc(OC(=O)c2ccc(S(=O)(=O)N(C)C)cc2)c2c1CCCC2=O. The Labute approximate surface area is 158 Å². The van der Waals surface area contributed by atoms with Crippen molar-refractivity contribution in [1.82, 2.24) is 4.31 Å². The van der Waals surface area contributed by atoms with Gasteiger partial charge in [0, 0.05) is 20.5 Å². The zero-order chi connectivity index (χ0) is 19.8. The molecule has 0 aliphatic heterocycles. The topological polar surface area (TPSA) is 80.8 Å². The molecule has 0 radical (unpaired) electrons. The highest BCUT2D eigenvalue weighted by Gasteiger charge is 2.25. The molecule has 2 aromatic carbocycles. The van der Waals surface area contributed by atoms with Gasteiger partial charge in [-0.15, -0.1) is 0 Å². The van der Waals surface area contributed by atoms with E-state index in [2.05, 4.69) is 0 Å². The first-order valence-corrected chi connectivity index (χ1v) is 10.1. The molecule has 6 nitrogen and oxygen atoms in total. The number of rotatable bonds is 4. The molecule has 0 aromatic heterocycles. The molecule has 0 N–H and O–H groups in total. The van der Waals surface area contributed by atoms with Gasteiger partial charge in [0.05, 0.1) is 16.0 Å². The molecule has 1 aliphatic rings. The van der Waals surface area contributed by atoms with E-state index >= 15 is 0 Å². The monoisotopic (exact) mass is 387 g/mol. The first-order valence-electron chi connectivity index (χ1n) is 8.62. The van der Waals surface area contributed by atoms with Crippen LogP contribution in [0.4, 0.5) is 0 Å². The van der Waals surface area contributed by atoms with Crippen LogP contribution in [0.5, 0.6) is 5.75 Å². The van der Waals surface area contributed by atoms with E-state index in [-0.39, 0.29) is 22.0 Å². The summed E-state index contributed by atoms with van der Waals surface area (Å²) in [7, 11) is -0.687. The van der Waals surface area contributed by atoms with Crippen LogP contribution in [0.25, 0.3) is 0 Å². The molecule has 0 amide bonds. The van der Waals surface area contributed by atoms with Crippen molar-refractivity contribution < 1.29 is 22.7 Å². The summed E-state index contributed by atoms with van der Waals surface area (Å²) in [6.45, 7) is 1.94. The van der Waals surface area contributed by atoms with Crippen LogP contribution < -0.4 is 4.74 Å². The Kier molecular flexibility index (Phi) is 5.17. The minimum absolute atomic E-state index is 0.0184. The van der Waals surface area contributed by atoms with Crippen LogP contribution in [0.1, 0.15) is 44.7 Å². The number of nitrogens with zero attached hydrogens (tertiary/aromatic N) is 1. The van der Waals surface area contributed by atoms with Crippen LogP contribution >= 0.6 is 0 Å². The fourth-order valence-corrected chi connectivity index (χ4v) is 4.03. The lowest BCUT2D eigenvalue weighted by Gasteiger charge is -2.20. The second-order valence-corrected chi connectivity index (χ2v) is 8.86. The predicted octanol–water partition coefficient (Wildman–Crippen LogP) is 2.98. The van der Waals surface area contributed by atoms with Crippen molar-refractivity contribution in [3.05, 3.63) is 58.7 Å². The lowest BCUT2D eigenvalue weighted by molar-refractivity contribution is 0.0731. The maximum Gasteiger partial charge on any atom is 0.343 e. The van der Waals surface area contributed by atoms with Crippen LogP contribution in [-0.4, -0.2) is 38.6 Å². The standard InChI is InChI=1S/C20H21NO5S/c1-13-7-12-18(19-16(13)5-4-6-17(19)22)26-20(23)14-8-10-15(11-9-14)27(24,25)21(2)3/h7-12H,4-6H2,1-3H3. The molecule has 3 rings (SSSR count). The Morgan fingerprint density at radius 2 is 1.70 bits per heavy atom. The summed E-state index contributed by atoms with van der Waals surface area (Å²) < 4.78 is 30.8. The van der Waals surface area contributed by atoms with Crippen molar-refractivity contribution in [1.29, 1.82) is 0 Å². The number of esters is 1. The summed E-state index contributed by atoms with van der Waals surface area (Å²) in [5.74, 6) is -0.390. The van der Waals surface area contributed by atoms with E-state index in [4.69, 9.17) is 4.74 Å². The second kappa shape index (κ2) is 7.25. The molecule has 7 heteroatoms. The number of ether oxygens (including phenoxy) is 1. The van der Waals surface area contributed by atoms with E-state index in [9.17, 15) is 18.0 Å². The lowest BCUT2D eigenvalue weighted by atomic mass is 9.87. The van der Waals surface area contributed by atoms with E-state index in [1.54, 1.807) is 6.07 Å². The zero-order valence-corrected chi connectivity index (χ0v) is 16.3. The van der Waals surface area contributed by atoms with Crippen LogP contribution in [0.2, 0.25) is 0 Å². The minimum atomic E-state index is -3.57. The fourth-order valence-electron chi connectivity index (χ4n) is 3.13. The van der Waals surface area contributed by atoms with Crippen molar-refractivity contribution in [3.8, 4) is 5.75 Å². The molecule has 0 spiro atoms. The highest BCUT2D eigenvalue weighted by Crippen LogP contribution is 2.32. The molecule has 142 valence electrons. The van der Waals surface area contributed by atoms with Crippen LogP contribution in [0.3, 0.4) is 0 Å². The molecule has 0 heterocycles. The van der Waals surface area contributed by atoms with Crippen LogP contribution in [-0.2, 0) is 16.4 Å². The number of sulfonamides is 1. The maximum absolute atomic E-state index is 12.5. The molecule has 27 heavy (non-hydrogen) atoms. The Morgan fingerprint density at radius 1 is 1.04 bits per heavy atom. The Morgan fingerprint density at radius 3 is 2.33 bits per heavy atom. The molecule has 0 saturated heterocycles. The van der Waals surface area contributed by atoms with Gasteiger partial charge in [-0.05, 0) is 61.2 Å². The van der Waals surface area contributed by atoms with E-state index in [0.717, 1.165) is 28.3 Å². The van der Waals surface area contributed by atoms with Gasteiger partial charge in [0.1, 0.15) is 5.75 Å². The zero-order valence-electron chi connectivity index (χ0n) is 15.5. The van der Waals surface area contributed by atoms with Crippen molar-refractivity contribution in [2.24, 2.45) is 0 Å². The summed E-state index contributed by atoms with van der Waals surface area (Å²) in [6.07, 6.45) is 2.03. The van der Waals surface area contributed by atoms with Crippen molar-refractivity contribution >= 4 is 21.8 Å². The average molecular weight is 387 g/mol. The Bertz CT molecular complexity index is 1010. The quantitative estimate of drug-likeness (QED) is 0.595. The lowest BCUT2D eigenvalue weighted by Crippen LogP contribution is -2.22. The number of aryl methyl sites for hydroxylation is 1. The number of Topliss-reactive ketones (excluding diaryl/α,β-unsaturated/α-hetero) is 1. The number of carbonyl (C=O) groups excluding carboxylic acids is 2. The van der Waals surface area contributed by atoms with Gasteiger partial charge in [-0.2, -0.15) is 0 Å². The van der Waals surface area contributed by atoms with Gasteiger partial charge in [0.25, 0.3) is 0 Å². The van der Waals surface area contributed by atoms with E-state index in [1.165, 1.54) is 38.4 Å². The summed E-state index contributed by atoms with van der Waals surface area (Å²) in [6, 6.07) is 9.01. The Hall–Kier alpha value is -2.51. The molecule has 0 saturated carbocycles. The number of hydrogen-bond acceptors (Lipinski definition) is 5. The minimum Gasteiger partial charge on any atom is -0.422 e. The molecule has 0 fully saturated rings. The van der Waals surface area contributed by atoms with Gasteiger partial charge < -0.3 is 4.74 Å². The van der Waals surface area contributed by atoms with Gasteiger partial charge in [-0.25, -0.2) is 17.5 Å². The van der Waals surface area contributed by atoms with E-state index in [0.29, 0.717) is 12.0 Å². The number of carbonyl (C=O) groups is 2. The third kappa shape index (κ3) is 3.65. The van der Waals surface area contributed by atoms with Gasteiger partial charge in [0.2, 0.25) is 10.0 Å². The number of benzene rings is 2. The molecule has 2 aromatic rings. The molecular formula is C20H21NO5S. The van der Waals surface area contributed by atoms with Crippen LogP contribution in [0.15, 0.2) is 41.3 Å². The number of hydrogen-bond donors (Lipinski definition) is 0. The maximum atomic E-state index is 12.5. The second-order valence-electron chi connectivity index (χ2n) is 6.71. The molecular weight excluding hydrogens is 366 g/mol. The summed E-state index contributed by atoms with van der Waals surface area (Å²) >= 11 is 0. The van der Waals surface area contributed by atoms with Gasteiger partial charge in [-0.3, -0.25) is 4.79 Å². The average Bonchev–Trinajstić information content (AvgIpc) is 2.64. The first kappa shape index (κ1) is 19.3. The van der Waals surface area contributed by atoms with Crippen LogP contribution in [0, 0.1) is 6.92 Å². The molecule has 0 atom stereocenters.